The Morgan fingerprint density at radius 3 is 2.82 bits per heavy atom. The van der Waals surface area contributed by atoms with Gasteiger partial charge in [-0.15, -0.1) is 5.10 Å². The van der Waals surface area contributed by atoms with Crippen LogP contribution in [0.1, 0.15) is 52.1 Å². The third-order valence-electron chi connectivity index (χ3n) is 7.73. The van der Waals surface area contributed by atoms with Gasteiger partial charge in [-0.3, -0.25) is 9.59 Å². The van der Waals surface area contributed by atoms with E-state index < -0.39 is 11.6 Å². The first-order valence-electron chi connectivity index (χ1n) is 11.3. The Morgan fingerprint density at radius 1 is 1.39 bits per heavy atom. The molecule has 0 aliphatic heterocycles. The number of hydrogen-bond donors (Lipinski definition) is 2. The monoisotopic (exact) mass is 474 g/mol. The van der Waals surface area contributed by atoms with Crippen LogP contribution in [0.15, 0.2) is 23.3 Å². The van der Waals surface area contributed by atoms with E-state index >= 15 is 0 Å². The molecule has 9 nitrogen and oxygen atoms in total. The van der Waals surface area contributed by atoms with E-state index in [1.807, 2.05) is 0 Å². The molecule has 0 saturated heterocycles. The van der Waals surface area contributed by atoms with Gasteiger partial charge < -0.3 is 15.4 Å². The summed E-state index contributed by atoms with van der Waals surface area (Å²) in [4.78, 5) is 25.4. The highest BCUT2D eigenvalue weighted by Crippen LogP contribution is 2.61. The predicted octanol–water partition coefficient (Wildman–Crippen LogP) is 3.06. The van der Waals surface area contributed by atoms with E-state index in [4.69, 9.17) is 16.3 Å². The molecule has 5 atom stereocenters. The first-order valence-corrected chi connectivity index (χ1v) is 11.7. The Morgan fingerprint density at radius 2 is 2.15 bits per heavy atom. The van der Waals surface area contributed by atoms with Crippen LogP contribution in [0.2, 0.25) is 5.02 Å². The number of aromatic nitrogens is 4. The molecule has 3 aliphatic rings. The molecule has 3 aliphatic carbocycles. The fourth-order valence-electron chi connectivity index (χ4n) is 5.54. The van der Waals surface area contributed by atoms with Crippen molar-refractivity contribution in [3.05, 3.63) is 39.4 Å². The van der Waals surface area contributed by atoms with Crippen molar-refractivity contribution in [3.8, 4) is 5.88 Å². The Hall–Kier alpha value is -2.68. The molecule has 1 amide bonds. The molecule has 0 spiro atoms. The van der Waals surface area contributed by atoms with Gasteiger partial charge in [-0.05, 0) is 49.0 Å². The number of methoxy groups -OCH3 is 1. The van der Waals surface area contributed by atoms with E-state index in [2.05, 4.69) is 46.7 Å². The summed E-state index contributed by atoms with van der Waals surface area (Å²) < 4.78 is 6.26. The van der Waals surface area contributed by atoms with Crippen molar-refractivity contribution in [3.63, 3.8) is 0 Å². The van der Waals surface area contributed by atoms with Crippen molar-refractivity contribution in [1.29, 1.82) is 0 Å². The molecule has 33 heavy (non-hydrogen) atoms. The third kappa shape index (κ3) is 4.30. The van der Waals surface area contributed by atoms with Crippen LogP contribution in [-0.4, -0.2) is 39.0 Å². The van der Waals surface area contributed by atoms with Crippen molar-refractivity contribution in [2.45, 2.75) is 59.2 Å². The topological polar surface area (TPSA) is 111 Å². The molecule has 0 aromatic carbocycles. The maximum atomic E-state index is 12.8. The molecule has 3 fully saturated rings. The number of anilines is 1. The summed E-state index contributed by atoms with van der Waals surface area (Å²) in [5.41, 5.74) is 1.09. The number of carbonyl (C=O) groups is 1. The van der Waals surface area contributed by atoms with Gasteiger partial charge in [0.25, 0.3) is 5.56 Å². The lowest BCUT2D eigenvalue weighted by atomic mass is 9.45. The smallest absolute Gasteiger partial charge is 0.288 e. The fraction of sp³-hybridized carbons (Fsp3) is 0.609. The molecule has 1 unspecified atom stereocenters. The van der Waals surface area contributed by atoms with Crippen molar-refractivity contribution in [1.82, 2.24) is 25.3 Å². The molecular weight excluding hydrogens is 444 g/mol. The SMILES string of the molecule is COc1nnccc1C(C)NC(=O)Cn1ncc(N[C@@H]2C[C@@H]3C[C@H]([C@H]2C)C3(C)C)c(Cl)c1=O. The van der Waals surface area contributed by atoms with Gasteiger partial charge in [0.1, 0.15) is 11.6 Å². The number of fused-ring (bicyclic) bond motifs is 2. The summed E-state index contributed by atoms with van der Waals surface area (Å²) in [6.45, 7) is 8.51. The average Bonchev–Trinajstić information content (AvgIpc) is 2.79. The molecule has 2 aromatic heterocycles. The Labute approximate surface area is 198 Å². The van der Waals surface area contributed by atoms with Crippen LogP contribution in [0.4, 0.5) is 5.69 Å². The summed E-state index contributed by atoms with van der Waals surface area (Å²) in [6.07, 6.45) is 5.39. The molecule has 2 N–H and O–H groups in total. The highest BCUT2D eigenvalue weighted by Gasteiger charge is 2.56. The molecule has 2 aromatic rings. The van der Waals surface area contributed by atoms with Gasteiger partial charge >= 0.3 is 0 Å². The number of halogens is 1. The highest BCUT2D eigenvalue weighted by molar-refractivity contribution is 6.32. The van der Waals surface area contributed by atoms with E-state index in [9.17, 15) is 9.59 Å². The number of ether oxygens (including phenoxy) is 1. The lowest BCUT2D eigenvalue weighted by Gasteiger charge is -2.62. The number of nitrogens with zero attached hydrogens (tertiary/aromatic N) is 4. The summed E-state index contributed by atoms with van der Waals surface area (Å²) in [6, 6.07) is 1.58. The minimum atomic E-state index is -0.499. The van der Waals surface area contributed by atoms with E-state index in [-0.39, 0.29) is 23.5 Å². The molecule has 178 valence electrons. The molecular formula is C23H31ClN6O3. The fourth-order valence-corrected chi connectivity index (χ4v) is 5.74. The van der Waals surface area contributed by atoms with Crippen LogP contribution in [0.25, 0.3) is 0 Å². The van der Waals surface area contributed by atoms with Crippen LogP contribution in [0.5, 0.6) is 5.88 Å². The summed E-state index contributed by atoms with van der Waals surface area (Å²) in [7, 11) is 1.49. The zero-order valence-corrected chi connectivity index (χ0v) is 20.4. The van der Waals surface area contributed by atoms with E-state index in [1.54, 1.807) is 13.0 Å². The van der Waals surface area contributed by atoms with E-state index in [1.165, 1.54) is 25.9 Å². The molecule has 2 heterocycles. The lowest BCUT2D eigenvalue weighted by molar-refractivity contribution is -0.122. The first kappa shape index (κ1) is 23.5. The van der Waals surface area contributed by atoms with E-state index in [0.29, 0.717) is 40.3 Å². The van der Waals surface area contributed by atoms with Crippen molar-refractivity contribution in [2.24, 2.45) is 23.2 Å². The molecule has 5 rings (SSSR count). The zero-order valence-electron chi connectivity index (χ0n) is 19.6. The van der Waals surface area contributed by atoms with Crippen LogP contribution in [-0.2, 0) is 11.3 Å². The molecule has 3 saturated carbocycles. The van der Waals surface area contributed by atoms with Crippen molar-refractivity contribution in [2.75, 3.05) is 12.4 Å². The van der Waals surface area contributed by atoms with Gasteiger partial charge in [-0.1, -0.05) is 32.4 Å². The van der Waals surface area contributed by atoms with Crippen LogP contribution in [0.3, 0.4) is 0 Å². The lowest BCUT2D eigenvalue weighted by Crippen LogP contribution is -2.58. The molecule has 0 radical (unpaired) electrons. The maximum Gasteiger partial charge on any atom is 0.288 e. The number of carbonyl (C=O) groups excluding carboxylic acids is 1. The van der Waals surface area contributed by atoms with Gasteiger partial charge in [-0.2, -0.15) is 10.2 Å². The largest absolute Gasteiger partial charge is 0.480 e. The molecule has 2 bridgehead atoms. The van der Waals surface area contributed by atoms with Gasteiger partial charge in [0.05, 0.1) is 31.2 Å². The minimum Gasteiger partial charge on any atom is -0.480 e. The number of rotatable bonds is 7. The second kappa shape index (κ2) is 8.93. The zero-order chi connectivity index (χ0) is 23.9. The van der Waals surface area contributed by atoms with Gasteiger partial charge in [0.15, 0.2) is 0 Å². The second-order valence-electron chi connectivity index (χ2n) is 9.83. The minimum absolute atomic E-state index is 0.0524. The third-order valence-corrected chi connectivity index (χ3v) is 8.09. The first-order chi connectivity index (χ1) is 15.6. The molecule has 10 heteroatoms. The highest BCUT2D eigenvalue weighted by atomic mass is 35.5. The summed E-state index contributed by atoms with van der Waals surface area (Å²) in [5.74, 6) is 1.78. The van der Waals surface area contributed by atoms with Crippen molar-refractivity contribution < 1.29 is 9.53 Å². The second-order valence-corrected chi connectivity index (χ2v) is 10.2. The van der Waals surface area contributed by atoms with Crippen LogP contribution < -0.4 is 20.9 Å². The summed E-state index contributed by atoms with van der Waals surface area (Å²) >= 11 is 6.39. The van der Waals surface area contributed by atoms with Gasteiger partial charge in [-0.25, -0.2) is 4.68 Å². The number of nitrogens with one attached hydrogen (secondary N) is 2. The predicted molar refractivity (Wildman–Crippen MR) is 125 cm³/mol. The Bertz CT molecular complexity index is 1100. The number of hydrogen-bond acceptors (Lipinski definition) is 7. The Kier molecular flexibility index (Phi) is 6.35. The van der Waals surface area contributed by atoms with Gasteiger partial charge in [0.2, 0.25) is 11.8 Å². The van der Waals surface area contributed by atoms with Gasteiger partial charge in [0, 0.05) is 11.6 Å². The average molecular weight is 475 g/mol. The summed E-state index contributed by atoms with van der Waals surface area (Å²) in [5, 5.41) is 18.2. The van der Waals surface area contributed by atoms with E-state index in [0.717, 1.165) is 11.1 Å². The normalized spacial score (nSPS) is 26.1. The van der Waals surface area contributed by atoms with Crippen molar-refractivity contribution >= 4 is 23.2 Å². The van der Waals surface area contributed by atoms with Crippen LogP contribution >= 0.6 is 11.6 Å². The Balaban J connectivity index is 1.41. The standard InChI is InChI=1S/C23H31ClN6O3/c1-12-16-8-14(23(16,3)4)9-17(12)28-18-10-26-30(22(32)20(18)24)11-19(31)27-13(2)15-6-7-25-29-21(15)33-5/h6-7,10,12-14,16-17,28H,8-9,11H2,1-5H3,(H,27,31)/t12-,13?,14+,16-,17-/m1/s1. The van der Waals surface area contributed by atoms with Crippen LogP contribution in [0, 0.1) is 23.2 Å². The number of amides is 1. The maximum absolute atomic E-state index is 12.8. The quantitative estimate of drug-likeness (QED) is 0.634.